The second kappa shape index (κ2) is 19.6. The van der Waals surface area contributed by atoms with Gasteiger partial charge in [-0.1, -0.05) is 229 Å². The van der Waals surface area contributed by atoms with E-state index in [0.29, 0.717) is 5.75 Å². The highest BCUT2D eigenvalue weighted by atomic mass is 16.5. The number of nitrogens with zero attached hydrogens (tertiary/aromatic N) is 4. The van der Waals surface area contributed by atoms with Gasteiger partial charge in [0.15, 0.2) is 0 Å². The molecule has 0 unspecified atom stereocenters. The molecule has 8 aromatic carbocycles. The van der Waals surface area contributed by atoms with Gasteiger partial charge in [0, 0.05) is 39.3 Å². The Morgan fingerprint density at radius 2 is 0.962 bits per heavy atom. The summed E-state index contributed by atoms with van der Waals surface area (Å²) in [5.74, 6) is 2.32. The van der Waals surface area contributed by atoms with Crippen molar-refractivity contribution in [3.8, 4) is 39.8 Å². The van der Waals surface area contributed by atoms with Crippen LogP contribution in [0.25, 0.3) is 50.1 Å². The van der Waals surface area contributed by atoms with Crippen LogP contribution in [0, 0.1) is 6.33 Å². The van der Waals surface area contributed by atoms with Crippen molar-refractivity contribution in [2.45, 2.75) is 110 Å². The first-order valence-electron chi connectivity index (χ1n) is 27.5. The lowest BCUT2D eigenvalue weighted by Gasteiger charge is -2.35. The van der Waals surface area contributed by atoms with Crippen molar-refractivity contribution < 1.29 is 9.30 Å². The zero-order chi connectivity index (χ0) is 54.8. The molecule has 0 amide bonds. The summed E-state index contributed by atoms with van der Waals surface area (Å²) in [6.45, 7) is 27.9. The lowest BCUT2D eigenvalue weighted by Crippen LogP contribution is -2.43. The summed E-state index contributed by atoms with van der Waals surface area (Å²) in [5, 5.41) is 2.30. The Balaban J connectivity index is 1.18. The maximum atomic E-state index is 7.22. The molecule has 0 saturated heterocycles. The molecule has 0 spiro atoms. The van der Waals surface area contributed by atoms with Gasteiger partial charge >= 0.3 is 0 Å². The van der Waals surface area contributed by atoms with Crippen LogP contribution in [0.3, 0.4) is 0 Å². The van der Waals surface area contributed by atoms with E-state index in [-0.39, 0.29) is 16.2 Å². The van der Waals surface area contributed by atoms with Gasteiger partial charge in [0.05, 0.1) is 33.8 Å². The van der Waals surface area contributed by atoms with Crippen molar-refractivity contribution in [2.24, 2.45) is 0 Å². The van der Waals surface area contributed by atoms with E-state index in [0.717, 1.165) is 61.9 Å². The highest BCUT2D eigenvalue weighted by molar-refractivity contribution is 6.09. The van der Waals surface area contributed by atoms with Gasteiger partial charge in [-0.3, -0.25) is 13.7 Å². The number of pyridine rings is 1. The first kappa shape index (κ1) is 51.8. The number of hydrogen-bond donors (Lipinski definition) is 0. The second-order valence-corrected chi connectivity index (χ2v) is 24.8. The smallest absolute Gasteiger partial charge is 0.269 e. The number of ether oxygens (including phenoxy) is 1. The number of para-hydroxylation sites is 1. The van der Waals surface area contributed by atoms with E-state index in [1.165, 1.54) is 38.8 Å². The Bertz CT molecular complexity index is 3960. The third-order valence-corrected chi connectivity index (χ3v) is 16.3. The Labute approximate surface area is 462 Å². The molecule has 11 rings (SSSR count). The maximum absolute atomic E-state index is 7.22. The predicted molar refractivity (Wildman–Crippen MR) is 323 cm³/mol. The van der Waals surface area contributed by atoms with Crippen molar-refractivity contribution in [1.82, 2.24) is 14.1 Å². The van der Waals surface area contributed by atoms with E-state index < -0.39 is 10.8 Å². The summed E-state index contributed by atoms with van der Waals surface area (Å²) in [7, 11) is 0. The largest absolute Gasteiger partial charge is 0.458 e. The fraction of sp³-hybridized carbons (Fsp3) is 0.233. The maximum Gasteiger partial charge on any atom is 0.269 e. The lowest BCUT2D eigenvalue weighted by molar-refractivity contribution is -0.611. The highest BCUT2D eigenvalue weighted by Gasteiger charge is 2.41. The fourth-order valence-electron chi connectivity index (χ4n) is 11.4. The first-order chi connectivity index (χ1) is 37.2. The van der Waals surface area contributed by atoms with Crippen molar-refractivity contribution in [3.05, 3.63) is 270 Å². The fourth-order valence-corrected chi connectivity index (χ4v) is 11.4. The van der Waals surface area contributed by atoms with Crippen LogP contribution >= 0.6 is 0 Å². The molecule has 3 heterocycles. The van der Waals surface area contributed by atoms with Crippen molar-refractivity contribution >= 4 is 21.8 Å². The minimum absolute atomic E-state index is 0.0461. The molecule has 0 aliphatic heterocycles. The third-order valence-electron chi connectivity index (χ3n) is 16.3. The molecule has 0 aliphatic rings. The van der Waals surface area contributed by atoms with Gasteiger partial charge < -0.3 is 4.74 Å². The number of aromatic nitrogens is 4. The molecule has 0 bridgehead atoms. The number of benzene rings is 8. The van der Waals surface area contributed by atoms with Crippen LogP contribution in [0.5, 0.6) is 11.5 Å². The van der Waals surface area contributed by atoms with Gasteiger partial charge in [0.25, 0.3) is 6.33 Å². The minimum atomic E-state index is -0.543. The summed E-state index contributed by atoms with van der Waals surface area (Å²) in [4.78, 5) is 4.98. The predicted octanol–water partition coefficient (Wildman–Crippen LogP) is 18.1. The SMILES string of the molecule is CC(C)(C)c1cc(-[n+]2[c-]n(-c3cc(Oc4ccc5c6ccccc6n(-c6cc(C(C)(C)C)ccn6)c5c4)cc(-c4ccccc4)c3)c(C(C)(C)c3ccccc3)c2C(C)(C)c2ccccc2)cc(C(C)(C)c2ccccc2)c1. The number of rotatable bonds is 12. The number of imidazole rings is 1. The first-order valence-corrected chi connectivity index (χ1v) is 27.5. The molecule has 78 heavy (non-hydrogen) atoms. The molecule has 390 valence electrons. The molecule has 11 aromatic rings. The molecule has 5 nitrogen and oxygen atoms in total. The molecule has 0 saturated carbocycles. The van der Waals surface area contributed by atoms with Crippen molar-refractivity contribution in [3.63, 3.8) is 0 Å². The van der Waals surface area contributed by atoms with Gasteiger partial charge in [-0.2, -0.15) is 0 Å². The van der Waals surface area contributed by atoms with Crippen molar-refractivity contribution in [2.75, 3.05) is 0 Å². The molecular weight excluding hydrogens is 949 g/mol. The average molecular weight is 1020 g/mol. The van der Waals surface area contributed by atoms with Crippen molar-refractivity contribution in [1.29, 1.82) is 0 Å². The van der Waals surface area contributed by atoms with E-state index in [4.69, 9.17) is 9.72 Å². The summed E-state index contributed by atoms with van der Waals surface area (Å²) < 4.78 is 14.2. The lowest BCUT2D eigenvalue weighted by atomic mass is 9.72. The standard InChI is InChI=1S/C73H72N4O/c1-69(2,3)55-39-40-74-66(46-55)77-64-36-26-25-35-62(64)63-38-37-60(48-65(63)77)78-61-42-51(50-27-17-13-18-28-50)41-58(47-61)75-49-76(59-44-56(70(4,5)6)43-57(45-59)71(7,8)52-29-19-14-20-30-52)68(73(11,12)54-33-23-16-24-34-54)67(75)72(9,10)53-31-21-15-22-32-53/h13-48H,1-12H3. The van der Waals surface area contributed by atoms with Crippen LogP contribution in [0.4, 0.5) is 0 Å². The van der Waals surface area contributed by atoms with E-state index in [2.05, 4.69) is 315 Å². The second-order valence-electron chi connectivity index (χ2n) is 24.8. The quantitative estimate of drug-likeness (QED) is 0.0903. The Morgan fingerprint density at radius 1 is 0.410 bits per heavy atom. The minimum Gasteiger partial charge on any atom is -0.458 e. The van der Waals surface area contributed by atoms with Gasteiger partial charge in [-0.15, -0.1) is 0 Å². The molecule has 0 atom stereocenters. The zero-order valence-electron chi connectivity index (χ0n) is 47.5. The highest BCUT2D eigenvalue weighted by Crippen LogP contribution is 2.45. The molecule has 0 N–H and O–H groups in total. The Kier molecular flexibility index (Phi) is 13.0. The van der Waals surface area contributed by atoms with Crippen LogP contribution < -0.4 is 9.30 Å². The molecule has 0 fully saturated rings. The van der Waals surface area contributed by atoms with Crippen LogP contribution in [0.2, 0.25) is 0 Å². The average Bonchev–Trinajstić information content (AvgIpc) is 4.01. The summed E-state index contributed by atoms with van der Waals surface area (Å²) >= 11 is 0. The number of fused-ring (bicyclic) bond motifs is 3. The molecular formula is C73H72N4O. The van der Waals surface area contributed by atoms with Gasteiger partial charge in [-0.05, 0) is 116 Å². The normalized spacial score (nSPS) is 12.6. The summed E-state index contributed by atoms with van der Waals surface area (Å²) in [6, 6.07) is 76.8. The summed E-state index contributed by atoms with van der Waals surface area (Å²) in [5.41, 5.74) is 14.3. The van der Waals surface area contributed by atoms with Gasteiger partial charge in [-0.25, -0.2) is 4.98 Å². The van der Waals surface area contributed by atoms with Crippen LogP contribution in [0.15, 0.2) is 219 Å². The molecule has 0 radical (unpaired) electrons. The monoisotopic (exact) mass is 1020 g/mol. The topological polar surface area (TPSA) is 35.9 Å². The number of hydrogen-bond acceptors (Lipinski definition) is 2. The zero-order valence-corrected chi connectivity index (χ0v) is 47.5. The van der Waals surface area contributed by atoms with Crippen LogP contribution in [-0.2, 0) is 27.1 Å². The summed E-state index contributed by atoms with van der Waals surface area (Å²) in [6.07, 6.45) is 6.08. The molecule has 5 heteroatoms. The van der Waals surface area contributed by atoms with Crippen LogP contribution in [-0.4, -0.2) is 14.1 Å². The van der Waals surface area contributed by atoms with E-state index in [1.54, 1.807) is 0 Å². The van der Waals surface area contributed by atoms with E-state index >= 15 is 0 Å². The Hall–Kier alpha value is -8.28. The van der Waals surface area contributed by atoms with E-state index in [1.807, 2.05) is 6.20 Å². The molecule has 0 aliphatic carbocycles. The van der Waals surface area contributed by atoms with E-state index in [9.17, 15) is 0 Å². The van der Waals surface area contributed by atoms with Gasteiger partial charge in [0.2, 0.25) is 0 Å². The molecule has 3 aromatic heterocycles. The Morgan fingerprint density at radius 3 is 1.59 bits per heavy atom. The van der Waals surface area contributed by atoms with Gasteiger partial charge in [0.1, 0.15) is 17.3 Å². The third kappa shape index (κ3) is 9.54. The van der Waals surface area contributed by atoms with Crippen LogP contribution in [0.1, 0.15) is 128 Å².